The van der Waals surface area contributed by atoms with E-state index in [2.05, 4.69) is 0 Å². The highest BCUT2D eigenvalue weighted by molar-refractivity contribution is 5.82. The minimum absolute atomic E-state index is 0.0384. The maximum absolute atomic E-state index is 12.0. The van der Waals surface area contributed by atoms with Crippen LogP contribution in [0.2, 0.25) is 0 Å². The first kappa shape index (κ1) is 13.7. The van der Waals surface area contributed by atoms with Gasteiger partial charge in [-0.2, -0.15) is 0 Å². The molecule has 0 aromatic heterocycles. The van der Waals surface area contributed by atoms with Crippen LogP contribution in [0.1, 0.15) is 31.4 Å². The maximum Gasteiger partial charge on any atom is 0.316 e. The Labute approximate surface area is 102 Å². The third-order valence-corrected chi connectivity index (χ3v) is 2.99. The number of benzene rings is 1. The van der Waals surface area contributed by atoms with Gasteiger partial charge in [-0.3, -0.25) is 4.79 Å². The molecule has 1 aromatic carbocycles. The van der Waals surface area contributed by atoms with Crippen LogP contribution in [0.15, 0.2) is 24.3 Å². The maximum atomic E-state index is 12.0. The van der Waals surface area contributed by atoms with Crippen LogP contribution in [-0.2, 0) is 14.9 Å². The highest BCUT2D eigenvalue weighted by atomic mass is 16.5. The summed E-state index contributed by atoms with van der Waals surface area (Å²) in [5.41, 5.74) is 1.22. The third kappa shape index (κ3) is 3.07. The lowest BCUT2D eigenvalue weighted by atomic mass is 9.79. The Morgan fingerprint density at radius 1 is 1.47 bits per heavy atom. The molecule has 1 rings (SSSR count). The summed E-state index contributed by atoms with van der Waals surface area (Å²) < 4.78 is 5.10. The molecule has 0 fully saturated rings. The molecule has 0 heterocycles. The van der Waals surface area contributed by atoms with Crippen molar-refractivity contribution in [3.8, 4) is 0 Å². The number of aliphatic hydroxyl groups is 1. The molecule has 0 bridgehead atoms. The van der Waals surface area contributed by atoms with Gasteiger partial charge in [-0.05, 0) is 32.8 Å². The van der Waals surface area contributed by atoms with Gasteiger partial charge in [0.05, 0.1) is 12.0 Å². The second-order valence-electron chi connectivity index (χ2n) is 4.40. The summed E-state index contributed by atoms with van der Waals surface area (Å²) in [4.78, 5) is 12.0. The molecule has 0 amide bonds. The van der Waals surface area contributed by atoms with Crippen LogP contribution < -0.4 is 0 Å². The molecule has 0 saturated carbocycles. The monoisotopic (exact) mass is 236 g/mol. The molecule has 3 heteroatoms. The number of aliphatic hydroxyl groups excluding tert-OH is 1. The van der Waals surface area contributed by atoms with Crippen molar-refractivity contribution >= 4 is 5.97 Å². The van der Waals surface area contributed by atoms with Gasteiger partial charge in [-0.25, -0.2) is 0 Å². The van der Waals surface area contributed by atoms with E-state index >= 15 is 0 Å². The highest BCUT2D eigenvalue weighted by Gasteiger charge is 2.36. The van der Waals surface area contributed by atoms with Crippen molar-refractivity contribution in [1.82, 2.24) is 0 Å². The van der Waals surface area contributed by atoms with Gasteiger partial charge in [0, 0.05) is 6.61 Å². The Bertz CT molecular complexity index is 387. The molecular weight excluding hydrogens is 216 g/mol. The van der Waals surface area contributed by atoms with Gasteiger partial charge in [0.2, 0.25) is 0 Å². The summed E-state index contributed by atoms with van der Waals surface area (Å²) in [6.45, 7) is 5.90. The second-order valence-corrected chi connectivity index (χ2v) is 4.40. The zero-order valence-corrected chi connectivity index (χ0v) is 10.7. The summed E-state index contributed by atoms with van der Waals surface area (Å²) in [5, 5.41) is 9.14. The summed E-state index contributed by atoms with van der Waals surface area (Å²) in [6.07, 6.45) is 0.370. The Morgan fingerprint density at radius 2 is 2.18 bits per heavy atom. The molecule has 1 atom stereocenters. The highest BCUT2D eigenvalue weighted by Crippen LogP contribution is 2.29. The number of carbonyl (C=O) groups is 1. The van der Waals surface area contributed by atoms with Crippen molar-refractivity contribution < 1.29 is 14.6 Å². The molecule has 1 unspecified atom stereocenters. The zero-order valence-electron chi connectivity index (χ0n) is 10.7. The number of aryl methyl sites for hydroxylation is 1. The third-order valence-electron chi connectivity index (χ3n) is 2.99. The number of esters is 1. The fourth-order valence-corrected chi connectivity index (χ4v) is 1.87. The largest absolute Gasteiger partial charge is 0.465 e. The van der Waals surface area contributed by atoms with Crippen molar-refractivity contribution in [2.24, 2.45) is 0 Å². The van der Waals surface area contributed by atoms with E-state index in [9.17, 15) is 4.79 Å². The van der Waals surface area contributed by atoms with E-state index in [1.165, 1.54) is 0 Å². The van der Waals surface area contributed by atoms with Crippen molar-refractivity contribution in [2.45, 2.75) is 32.6 Å². The lowest BCUT2D eigenvalue weighted by Crippen LogP contribution is -2.35. The van der Waals surface area contributed by atoms with Crippen molar-refractivity contribution in [3.63, 3.8) is 0 Å². The van der Waals surface area contributed by atoms with Gasteiger partial charge in [-0.15, -0.1) is 0 Å². The molecule has 0 aliphatic carbocycles. The fraction of sp³-hybridized carbons (Fsp3) is 0.500. The summed E-state index contributed by atoms with van der Waals surface area (Å²) >= 11 is 0. The van der Waals surface area contributed by atoms with Crippen molar-refractivity contribution in [3.05, 3.63) is 35.4 Å². The van der Waals surface area contributed by atoms with Gasteiger partial charge >= 0.3 is 5.97 Å². The minimum Gasteiger partial charge on any atom is -0.465 e. The zero-order chi connectivity index (χ0) is 12.9. The normalized spacial score (nSPS) is 14.1. The van der Waals surface area contributed by atoms with E-state index in [-0.39, 0.29) is 12.6 Å². The van der Waals surface area contributed by atoms with E-state index in [4.69, 9.17) is 9.84 Å². The van der Waals surface area contributed by atoms with Gasteiger partial charge in [0.1, 0.15) is 0 Å². The van der Waals surface area contributed by atoms with Crippen molar-refractivity contribution in [2.75, 3.05) is 13.2 Å². The molecule has 3 nitrogen and oxygen atoms in total. The number of carbonyl (C=O) groups excluding carboxylic acids is 1. The van der Waals surface area contributed by atoms with Gasteiger partial charge < -0.3 is 9.84 Å². The molecular formula is C14H20O3. The Kier molecular flexibility index (Phi) is 4.70. The average Bonchev–Trinajstić information content (AvgIpc) is 2.29. The van der Waals surface area contributed by atoms with Gasteiger partial charge in [-0.1, -0.05) is 29.8 Å². The van der Waals surface area contributed by atoms with Crippen LogP contribution in [0.5, 0.6) is 0 Å². The second kappa shape index (κ2) is 5.82. The smallest absolute Gasteiger partial charge is 0.316 e. The molecule has 94 valence electrons. The number of hydrogen-bond acceptors (Lipinski definition) is 3. The number of rotatable bonds is 5. The van der Waals surface area contributed by atoms with Crippen LogP contribution in [0, 0.1) is 6.92 Å². The van der Waals surface area contributed by atoms with E-state index in [0.29, 0.717) is 13.0 Å². The van der Waals surface area contributed by atoms with Crippen LogP contribution in [-0.4, -0.2) is 24.3 Å². The van der Waals surface area contributed by atoms with Crippen molar-refractivity contribution in [1.29, 1.82) is 0 Å². The van der Waals surface area contributed by atoms with Crippen LogP contribution >= 0.6 is 0 Å². The molecule has 1 aromatic rings. The molecule has 0 saturated heterocycles. The molecule has 0 aliphatic heterocycles. The van der Waals surface area contributed by atoms with E-state index in [1.807, 2.05) is 38.1 Å². The first-order chi connectivity index (χ1) is 8.04. The Morgan fingerprint density at radius 3 is 2.71 bits per heavy atom. The van der Waals surface area contributed by atoms with E-state index in [1.54, 1.807) is 6.92 Å². The molecule has 0 spiro atoms. The van der Waals surface area contributed by atoms with E-state index < -0.39 is 5.41 Å². The topological polar surface area (TPSA) is 46.5 Å². The predicted octanol–water partition coefficient (Wildman–Crippen LogP) is 2.20. The minimum atomic E-state index is -0.767. The van der Waals surface area contributed by atoms with Crippen LogP contribution in [0.3, 0.4) is 0 Å². The fourth-order valence-electron chi connectivity index (χ4n) is 1.87. The van der Waals surface area contributed by atoms with Crippen LogP contribution in [0.4, 0.5) is 0 Å². The SMILES string of the molecule is CCOC(=O)C(C)(CCO)c1cccc(C)c1. The summed E-state index contributed by atoms with van der Waals surface area (Å²) in [6, 6.07) is 7.76. The number of hydrogen-bond donors (Lipinski definition) is 1. The van der Waals surface area contributed by atoms with Gasteiger partial charge in [0.15, 0.2) is 0 Å². The molecule has 1 N–H and O–H groups in total. The average molecular weight is 236 g/mol. The first-order valence-electron chi connectivity index (χ1n) is 5.90. The number of ether oxygens (including phenoxy) is 1. The quantitative estimate of drug-likeness (QED) is 0.797. The lowest BCUT2D eigenvalue weighted by molar-refractivity contribution is -0.150. The molecule has 17 heavy (non-hydrogen) atoms. The van der Waals surface area contributed by atoms with Crippen LogP contribution in [0.25, 0.3) is 0 Å². The molecule has 0 aliphatic rings. The lowest BCUT2D eigenvalue weighted by Gasteiger charge is -2.27. The van der Waals surface area contributed by atoms with E-state index in [0.717, 1.165) is 11.1 Å². The standard InChI is InChI=1S/C14H20O3/c1-4-17-13(16)14(3,8-9-15)12-7-5-6-11(2)10-12/h5-7,10,15H,4,8-9H2,1-3H3. The Balaban J connectivity index is 3.10. The predicted molar refractivity (Wildman–Crippen MR) is 66.9 cm³/mol. The first-order valence-corrected chi connectivity index (χ1v) is 5.90. The summed E-state index contributed by atoms with van der Waals surface area (Å²) in [5.74, 6) is -0.278. The molecule has 0 radical (unpaired) electrons. The summed E-state index contributed by atoms with van der Waals surface area (Å²) in [7, 11) is 0. The Hall–Kier alpha value is -1.35. The van der Waals surface area contributed by atoms with Gasteiger partial charge in [0.25, 0.3) is 0 Å².